The predicted molar refractivity (Wildman–Crippen MR) is 125 cm³/mol. The van der Waals surface area contributed by atoms with Gasteiger partial charge in [0, 0.05) is 12.6 Å². The molecule has 0 radical (unpaired) electrons. The quantitative estimate of drug-likeness (QED) is 0.458. The van der Waals surface area contributed by atoms with Crippen LogP contribution in [-0.2, 0) is 9.47 Å². The Labute approximate surface area is 186 Å². The largest absolute Gasteiger partial charge is 0.389 e. The average molecular weight is 444 g/mol. The van der Waals surface area contributed by atoms with E-state index in [1.54, 1.807) is 18.4 Å². The van der Waals surface area contributed by atoms with Crippen LogP contribution in [0.5, 0.6) is 0 Å². The summed E-state index contributed by atoms with van der Waals surface area (Å²) in [6.07, 6.45) is -0.636. The number of thiazole rings is 1. The van der Waals surface area contributed by atoms with E-state index in [0.29, 0.717) is 18.9 Å². The number of hydrogen-bond acceptors (Lipinski definition) is 6. The van der Waals surface area contributed by atoms with Crippen molar-refractivity contribution in [1.82, 2.24) is 9.88 Å². The highest BCUT2D eigenvalue weighted by molar-refractivity contribution is 7.21. The average Bonchev–Trinajstić information content (AvgIpc) is 3.17. The fraction of sp³-hybridized carbons (Fsp3) is 0.391. The zero-order valence-electron chi connectivity index (χ0n) is 18.1. The molecule has 0 aliphatic rings. The van der Waals surface area contributed by atoms with Crippen molar-refractivity contribution in [2.45, 2.75) is 26.1 Å². The van der Waals surface area contributed by atoms with Crippen molar-refractivity contribution in [3.63, 3.8) is 0 Å². The number of aliphatic hydroxyl groups excluding tert-OH is 1. The molecule has 0 bridgehead atoms. The molecule has 0 saturated heterocycles. The third-order valence-corrected chi connectivity index (χ3v) is 5.58. The molecule has 7 nitrogen and oxygen atoms in total. The molecule has 2 amide bonds. The van der Waals surface area contributed by atoms with Crippen LogP contribution in [-0.4, -0.2) is 66.6 Å². The second-order valence-corrected chi connectivity index (χ2v) is 8.52. The van der Waals surface area contributed by atoms with Gasteiger partial charge < -0.3 is 24.8 Å². The molecule has 0 saturated carbocycles. The van der Waals surface area contributed by atoms with Crippen LogP contribution >= 0.6 is 11.3 Å². The number of fused-ring (bicyclic) bond motifs is 1. The van der Waals surface area contributed by atoms with Crippen LogP contribution in [0, 0.1) is 0 Å². The van der Waals surface area contributed by atoms with Crippen molar-refractivity contribution >= 4 is 33.3 Å². The first-order valence-corrected chi connectivity index (χ1v) is 11.1. The highest BCUT2D eigenvalue weighted by atomic mass is 32.1. The van der Waals surface area contributed by atoms with Crippen LogP contribution < -0.4 is 5.32 Å². The molecule has 0 aliphatic carbocycles. The number of ether oxygens (including phenoxy) is 2. The number of anilines is 1. The monoisotopic (exact) mass is 443 g/mol. The molecule has 1 unspecified atom stereocenters. The Hall–Kier alpha value is -2.52. The SMILES string of the molecule is CC(C)OCCOCC(O)CN(C)C(=O)Nc1ccccc1-c1nc2ccccc2s1. The number of aromatic nitrogens is 1. The molecule has 2 aromatic carbocycles. The Bertz CT molecular complexity index is 959. The van der Waals surface area contributed by atoms with Crippen LogP contribution in [0.4, 0.5) is 10.5 Å². The van der Waals surface area contributed by atoms with E-state index >= 15 is 0 Å². The fourth-order valence-corrected chi connectivity index (χ4v) is 4.00. The van der Waals surface area contributed by atoms with E-state index in [9.17, 15) is 9.90 Å². The number of aliphatic hydroxyl groups is 1. The summed E-state index contributed by atoms with van der Waals surface area (Å²) in [7, 11) is 1.64. The summed E-state index contributed by atoms with van der Waals surface area (Å²) in [5.74, 6) is 0. The molecule has 31 heavy (non-hydrogen) atoms. The van der Waals surface area contributed by atoms with Crippen molar-refractivity contribution in [3.8, 4) is 10.6 Å². The van der Waals surface area contributed by atoms with Crippen molar-refractivity contribution < 1.29 is 19.4 Å². The Morgan fingerprint density at radius 1 is 1.16 bits per heavy atom. The molecule has 166 valence electrons. The number of nitrogens with zero attached hydrogens (tertiary/aromatic N) is 2. The van der Waals surface area contributed by atoms with Crippen LogP contribution in [0.15, 0.2) is 48.5 Å². The Morgan fingerprint density at radius 2 is 1.90 bits per heavy atom. The summed E-state index contributed by atoms with van der Waals surface area (Å²) in [6, 6.07) is 15.2. The Morgan fingerprint density at radius 3 is 2.68 bits per heavy atom. The first-order chi connectivity index (χ1) is 14.9. The lowest BCUT2D eigenvalue weighted by molar-refractivity contribution is -0.0144. The molecule has 8 heteroatoms. The van der Waals surface area contributed by atoms with Crippen molar-refractivity contribution in [3.05, 3.63) is 48.5 Å². The second kappa shape index (κ2) is 11.2. The minimum absolute atomic E-state index is 0.140. The van der Waals surface area contributed by atoms with E-state index in [2.05, 4.69) is 5.32 Å². The summed E-state index contributed by atoms with van der Waals surface area (Å²) in [4.78, 5) is 18.8. The first kappa shape index (κ1) is 23.1. The summed E-state index contributed by atoms with van der Waals surface area (Å²) < 4.78 is 11.9. The van der Waals surface area contributed by atoms with Gasteiger partial charge in [-0.3, -0.25) is 0 Å². The minimum atomic E-state index is -0.783. The maximum absolute atomic E-state index is 12.7. The smallest absolute Gasteiger partial charge is 0.321 e. The molecule has 1 aromatic heterocycles. The van der Waals surface area contributed by atoms with Gasteiger partial charge in [0.25, 0.3) is 0 Å². The van der Waals surface area contributed by atoms with Gasteiger partial charge in [-0.15, -0.1) is 11.3 Å². The maximum atomic E-state index is 12.7. The van der Waals surface area contributed by atoms with E-state index in [4.69, 9.17) is 14.5 Å². The van der Waals surface area contributed by atoms with Crippen LogP contribution in [0.1, 0.15) is 13.8 Å². The van der Waals surface area contributed by atoms with Gasteiger partial charge in [0.2, 0.25) is 0 Å². The normalized spacial score (nSPS) is 12.3. The molecule has 3 aromatic rings. The maximum Gasteiger partial charge on any atom is 0.321 e. The fourth-order valence-electron chi connectivity index (χ4n) is 2.99. The zero-order valence-corrected chi connectivity index (χ0v) is 18.9. The number of amides is 2. The summed E-state index contributed by atoms with van der Waals surface area (Å²) in [5.41, 5.74) is 2.47. The number of carbonyl (C=O) groups is 1. The molecular formula is C23H29N3O4S. The Kier molecular flexibility index (Phi) is 8.36. The molecular weight excluding hydrogens is 414 g/mol. The van der Waals surface area contributed by atoms with Gasteiger partial charge in [0.05, 0.1) is 54.5 Å². The van der Waals surface area contributed by atoms with Gasteiger partial charge in [0.15, 0.2) is 0 Å². The van der Waals surface area contributed by atoms with Gasteiger partial charge in [-0.1, -0.05) is 24.3 Å². The predicted octanol–water partition coefficient (Wildman–Crippen LogP) is 4.23. The number of hydrogen-bond donors (Lipinski definition) is 2. The topological polar surface area (TPSA) is 83.9 Å². The molecule has 0 aliphatic heterocycles. The third-order valence-electron chi connectivity index (χ3n) is 4.51. The van der Waals surface area contributed by atoms with E-state index in [-0.39, 0.29) is 25.3 Å². The minimum Gasteiger partial charge on any atom is -0.389 e. The van der Waals surface area contributed by atoms with Crippen LogP contribution in [0.2, 0.25) is 0 Å². The lowest BCUT2D eigenvalue weighted by atomic mass is 10.2. The molecule has 3 rings (SSSR count). The van der Waals surface area contributed by atoms with Crippen LogP contribution in [0.25, 0.3) is 20.8 Å². The van der Waals surface area contributed by atoms with Crippen molar-refractivity contribution in [1.29, 1.82) is 0 Å². The zero-order chi connectivity index (χ0) is 22.2. The Balaban J connectivity index is 1.56. The highest BCUT2D eigenvalue weighted by Crippen LogP contribution is 2.34. The number of para-hydroxylation sites is 2. The molecule has 0 fully saturated rings. The molecule has 1 heterocycles. The standard InChI is InChI=1S/C23H29N3O4S/c1-16(2)30-13-12-29-15-17(27)14-26(3)23(28)25-19-9-5-4-8-18(19)22-24-20-10-6-7-11-21(20)31-22/h4-11,16-17,27H,12-15H2,1-3H3,(H,25,28). The first-order valence-electron chi connectivity index (χ1n) is 10.3. The molecule has 1 atom stereocenters. The number of carbonyl (C=O) groups excluding carboxylic acids is 1. The summed E-state index contributed by atoms with van der Waals surface area (Å²) >= 11 is 1.58. The number of likely N-dealkylation sites (N-methyl/N-ethyl adjacent to an activating group) is 1. The van der Waals surface area contributed by atoms with E-state index < -0.39 is 6.10 Å². The van der Waals surface area contributed by atoms with Gasteiger partial charge >= 0.3 is 6.03 Å². The van der Waals surface area contributed by atoms with Gasteiger partial charge in [-0.25, -0.2) is 9.78 Å². The molecule has 0 spiro atoms. The lowest BCUT2D eigenvalue weighted by Crippen LogP contribution is -2.39. The second-order valence-electron chi connectivity index (χ2n) is 7.49. The van der Waals surface area contributed by atoms with Crippen LogP contribution in [0.3, 0.4) is 0 Å². The van der Waals surface area contributed by atoms with Gasteiger partial charge in [-0.05, 0) is 38.1 Å². The van der Waals surface area contributed by atoms with Crippen molar-refractivity contribution in [2.75, 3.05) is 38.7 Å². The van der Waals surface area contributed by atoms with Gasteiger partial charge in [0.1, 0.15) is 5.01 Å². The number of rotatable bonds is 10. The number of benzene rings is 2. The van der Waals surface area contributed by atoms with E-state index in [0.717, 1.165) is 20.8 Å². The van der Waals surface area contributed by atoms with E-state index in [1.807, 2.05) is 62.4 Å². The number of urea groups is 1. The summed E-state index contributed by atoms with van der Waals surface area (Å²) in [5, 5.41) is 13.9. The van der Waals surface area contributed by atoms with E-state index in [1.165, 1.54) is 4.90 Å². The number of nitrogens with one attached hydrogen (secondary N) is 1. The lowest BCUT2D eigenvalue weighted by Gasteiger charge is -2.22. The molecule has 2 N–H and O–H groups in total. The highest BCUT2D eigenvalue weighted by Gasteiger charge is 2.17. The van der Waals surface area contributed by atoms with Gasteiger partial charge in [-0.2, -0.15) is 0 Å². The third kappa shape index (κ3) is 6.73. The summed E-state index contributed by atoms with van der Waals surface area (Å²) in [6.45, 7) is 5.08. The van der Waals surface area contributed by atoms with Crippen molar-refractivity contribution in [2.24, 2.45) is 0 Å².